The average molecular weight is 337 g/mol. The molecule has 1 unspecified atom stereocenters. The molecular formula is C20H23N3O2. The van der Waals surface area contributed by atoms with Crippen LogP contribution in [-0.4, -0.2) is 37.1 Å². The summed E-state index contributed by atoms with van der Waals surface area (Å²) in [5.41, 5.74) is 3.00. The minimum atomic E-state index is -0.140. The van der Waals surface area contributed by atoms with Gasteiger partial charge in [0.15, 0.2) is 0 Å². The highest BCUT2D eigenvalue weighted by Crippen LogP contribution is 2.27. The number of nitrogens with one attached hydrogen (secondary N) is 1. The fourth-order valence-electron chi connectivity index (χ4n) is 2.97. The fourth-order valence-corrected chi connectivity index (χ4v) is 2.97. The second kappa shape index (κ2) is 7.94. The van der Waals surface area contributed by atoms with E-state index in [1.807, 2.05) is 18.2 Å². The van der Waals surface area contributed by atoms with Crippen molar-refractivity contribution >= 4 is 11.7 Å². The van der Waals surface area contributed by atoms with Crippen LogP contribution >= 0.6 is 0 Å². The van der Waals surface area contributed by atoms with E-state index in [1.54, 1.807) is 18.3 Å². The Kier molecular flexibility index (Phi) is 5.46. The minimum Gasteiger partial charge on any atom is -0.370 e. The number of nitrogens with zero attached hydrogens (tertiary/aromatic N) is 2. The van der Waals surface area contributed by atoms with Crippen LogP contribution in [0.25, 0.3) is 0 Å². The largest absolute Gasteiger partial charge is 0.370 e. The highest BCUT2D eigenvalue weighted by molar-refractivity contribution is 5.94. The predicted octanol–water partition coefficient (Wildman–Crippen LogP) is 2.88. The van der Waals surface area contributed by atoms with Crippen LogP contribution in [0.1, 0.15) is 27.6 Å². The summed E-state index contributed by atoms with van der Waals surface area (Å²) in [5, 5.41) is 2.75. The van der Waals surface area contributed by atoms with Crippen LogP contribution in [0.4, 0.5) is 5.82 Å². The maximum Gasteiger partial charge on any atom is 0.253 e. The number of rotatable bonds is 5. The molecule has 2 aromatic rings. The zero-order chi connectivity index (χ0) is 17.6. The quantitative estimate of drug-likeness (QED) is 0.853. The summed E-state index contributed by atoms with van der Waals surface area (Å²) in [5.74, 6) is 0.723. The molecule has 1 amide bonds. The van der Waals surface area contributed by atoms with Gasteiger partial charge in [-0.15, -0.1) is 6.58 Å². The second-order valence-electron chi connectivity index (χ2n) is 6.07. The van der Waals surface area contributed by atoms with Crippen molar-refractivity contribution in [2.75, 3.05) is 31.1 Å². The first-order valence-corrected chi connectivity index (χ1v) is 8.46. The first-order valence-electron chi connectivity index (χ1n) is 8.46. The molecule has 0 spiro atoms. The van der Waals surface area contributed by atoms with E-state index < -0.39 is 0 Å². The number of anilines is 1. The Morgan fingerprint density at radius 1 is 1.40 bits per heavy atom. The molecule has 1 N–H and O–H groups in total. The van der Waals surface area contributed by atoms with Gasteiger partial charge in [0.1, 0.15) is 11.9 Å². The SMILES string of the molecule is C=CCNC(=O)c1ccc(N2CCOC(c3ccccc3C)C2)nc1. The molecule has 1 aliphatic rings. The summed E-state index contributed by atoms with van der Waals surface area (Å²) in [6.07, 6.45) is 3.30. The Morgan fingerprint density at radius 3 is 2.96 bits per heavy atom. The lowest BCUT2D eigenvalue weighted by atomic mass is 10.0. The van der Waals surface area contributed by atoms with Crippen LogP contribution in [0.2, 0.25) is 0 Å². The number of hydrogen-bond acceptors (Lipinski definition) is 4. The van der Waals surface area contributed by atoms with Crippen LogP contribution < -0.4 is 10.2 Å². The van der Waals surface area contributed by atoms with Crippen LogP contribution in [0.5, 0.6) is 0 Å². The molecule has 1 atom stereocenters. The number of benzene rings is 1. The molecule has 1 fully saturated rings. The Hall–Kier alpha value is -2.66. The molecule has 130 valence electrons. The average Bonchev–Trinajstić information content (AvgIpc) is 2.67. The zero-order valence-corrected chi connectivity index (χ0v) is 14.4. The monoisotopic (exact) mass is 337 g/mol. The maximum atomic E-state index is 11.9. The van der Waals surface area contributed by atoms with E-state index in [0.29, 0.717) is 18.7 Å². The van der Waals surface area contributed by atoms with Crippen LogP contribution in [0.15, 0.2) is 55.3 Å². The molecule has 0 aliphatic carbocycles. The van der Waals surface area contributed by atoms with Crippen molar-refractivity contribution in [2.45, 2.75) is 13.0 Å². The molecule has 1 aromatic carbocycles. The highest BCUT2D eigenvalue weighted by Gasteiger charge is 2.24. The van der Waals surface area contributed by atoms with Gasteiger partial charge in [0.05, 0.1) is 12.2 Å². The van der Waals surface area contributed by atoms with Crippen molar-refractivity contribution < 1.29 is 9.53 Å². The molecule has 0 saturated carbocycles. The van der Waals surface area contributed by atoms with Gasteiger partial charge in [0.2, 0.25) is 0 Å². The molecule has 3 rings (SSSR count). The van der Waals surface area contributed by atoms with Crippen molar-refractivity contribution in [2.24, 2.45) is 0 Å². The molecule has 1 saturated heterocycles. The third-order valence-corrected chi connectivity index (χ3v) is 4.34. The Balaban J connectivity index is 1.70. The smallest absolute Gasteiger partial charge is 0.253 e. The Morgan fingerprint density at radius 2 is 2.24 bits per heavy atom. The predicted molar refractivity (Wildman–Crippen MR) is 98.9 cm³/mol. The molecule has 1 aromatic heterocycles. The van der Waals surface area contributed by atoms with Crippen LogP contribution in [0.3, 0.4) is 0 Å². The van der Waals surface area contributed by atoms with Gasteiger partial charge >= 0.3 is 0 Å². The summed E-state index contributed by atoms with van der Waals surface area (Å²) in [4.78, 5) is 18.6. The van der Waals surface area contributed by atoms with E-state index >= 15 is 0 Å². The number of aryl methyl sites for hydroxylation is 1. The maximum absolute atomic E-state index is 11.9. The van der Waals surface area contributed by atoms with E-state index in [2.05, 4.69) is 40.8 Å². The summed E-state index contributed by atoms with van der Waals surface area (Å²) in [7, 11) is 0. The number of pyridine rings is 1. The fraction of sp³-hybridized carbons (Fsp3) is 0.300. The standard InChI is InChI=1S/C20H23N3O2/c1-3-10-21-20(24)16-8-9-19(22-13-16)23-11-12-25-18(14-23)17-7-5-4-6-15(17)2/h3-9,13,18H,1,10-12,14H2,2H3,(H,21,24). The lowest BCUT2D eigenvalue weighted by molar-refractivity contribution is 0.0391. The normalized spacial score (nSPS) is 17.2. The topological polar surface area (TPSA) is 54.5 Å². The van der Waals surface area contributed by atoms with E-state index in [0.717, 1.165) is 18.9 Å². The summed E-state index contributed by atoms with van der Waals surface area (Å²) in [6, 6.07) is 12.0. The van der Waals surface area contributed by atoms with Crippen molar-refractivity contribution in [3.05, 3.63) is 71.9 Å². The number of carbonyl (C=O) groups is 1. The summed E-state index contributed by atoms with van der Waals surface area (Å²) < 4.78 is 5.96. The first-order chi connectivity index (χ1) is 12.2. The van der Waals surface area contributed by atoms with Gasteiger partial charge in [-0.05, 0) is 30.2 Å². The lowest BCUT2D eigenvalue weighted by Gasteiger charge is -2.34. The molecule has 0 radical (unpaired) electrons. The van der Waals surface area contributed by atoms with Crippen molar-refractivity contribution in [3.8, 4) is 0 Å². The van der Waals surface area contributed by atoms with Crippen molar-refractivity contribution in [1.29, 1.82) is 0 Å². The Labute approximate surface area is 148 Å². The molecular weight excluding hydrogens is 314 g/mol. The molecule has 0 bridgehead atoms. The zero-order valence-electron chi connectivity index (χ0n) is 14.4. The van der Waals surface area contributed by atoms with Gasteiger partial charge < -0.3 is 15.0 Å². The molecule has 1 aliphatic heterocycles. The van der Waals surface area contributed by atoms with Gasteiger partial charge in [-0.3, -0.25) is 4.79 Å². The highest BCUT2D eigenvalue weighted by atomic mass is 16.5. The van der Waals surface area contributed by atoms with Gasteiger partial charge in [-0.1, -0.05) is 30.3 Å². The number of amides is 1. The number of carbonyl (C=O) groups excluding carboxylic acids is 1. The summed E-state index contributed by atoms with van der Waals surface area (Å²) in [6.45, 7) is 8.34. The third kappa shape index (κ3) is 4.06. The van der Waals surface area contributed by atoms with E-state index in [-0.39, 0.29) is 12.0 Å². The van der Waals surface area contributed by atoms with E-state index in [4.69, 9.17) is 4.74 Å². The lowest BCUT2D eigenvalue weighted by Crippen LogP contribution is -2.39. The van der Waals surface area contributed by atoms with Crippen molar-refractivity contribution in [3.63, 3.8) is 0 Å². The van der Waals surface area contributed by atoms with Gasteiger partial charge in [0.25, 0.3) is 5.91 Å². The molecule has 25 heavy (non-hydrogen) atoms. The minimum absolute atomic E-state index is 0.0346. The number of morpholine rings is 1. The molecule has 5 nitrogen and oxygen atoms in total. The number of hydrogen-bond donors (Lipinski definition) is 1. The van der Waals surface area contributed by atoms with Crippen LogP contribution in [-0.2, 0) is 4.74 Å². The van der Waals surface area contributed by atoms with E-state index in [1.165, 1.54) is 11.1 Å². The Bertz CT molecular complexity index is 743. The second-order valence-corrected chi connectivity index (χ2v) is 6.07. The summed E-state index contributed by atoms with van der Waals surface area (Å²) >= 11 is 0. The van der Waals surface area contributed by atoms with Gasteiger partial charge in [0, 0.05) is 25.8 Å². The number of aromatic nitrogens is 1. The number of ether oxygens (including phenoxy) is 1. The van der Waals surface area contributed by atoms with Gasteiger partial charge in [-0.25, -0.2) is 4.98 Å². The molecule has 5 heteroatoms. The van der Waals surface area contributed by atoms with Crippen LogP contribution in [0, 0.1) is 6.92 Å². The third-order valence-electron chi connectivity index (χ3n) is 4.34. The van der Waals surface area contributed by atoms with E-state index in [9.17, 15) is 4.79 Å². The van der Waals surface area contributed by atoms with Gasteiger partial charge in [-0.2, -0.15) is 0 Å². The molecule has 2 heterocycles. The first kappa shape index (κ1) is 17.2. The van der Waals surface area contributed by atoms with Crippen molar-refractivity contribution in [1.82, 2.24) is 10.3 Å².